The minimum atomic E-state index is 0.280. The maximum absolute atomic E-state index is 3.97. The molecular weight excluding hydrogens is 120 g/mol. The highest BCUT2D eigenvalue weighted by molar-refractivity contribution is 5.20. The van der Waals surface area contributed by atoms with Crippen molar-refractivity contribution in [1.82, 2.24) is 0 Å². The fourth-order valence-electron chi connectivity index (χ4n) is 0.951. The largest absolute Gasteiger partial charge is 0.0988 e. The van der Waals surface area contributed by atoms with Gasteiger partial charge >= 0.3 is 0 Å². The molecule has 0 N–H and O–H groups in total. The van der Waals surface area contributed by atoms with E-state index in [0.29, 0.717) is 0 Å². The molecule has 0 aliphatic rings. The van der Waals surface area contributed by atoms with E-state index in [9.17, 15) is 0 Å². The summed E-state index contributed by atoms with van der Waals surface area (Å²) in [6.45, 7) is 14.3. The van der Waals surface area contributed by atoms with Crippen molar-refractivity contribution in [2.24, 2.45) is 5.41 Å². The third-order valence-corrected chi connectivity index (χ3v) is 2.58. The molecule has 0 aromatic rings. The van der Waals surface area contributed by atoms with Crippen LogP contribution < -0.4 is 0 Å². The second-order valence-electron chi connectivity index (χ2n) is 3.00. The maximum atomic E-state index is 3.97. The number of hydrogen-bond acceptors (Lipinski definition) is 0. The Bertz CT molecular complexity index is 127. The molecule has 58 valence electrons. The van der Waals surface area contributed by atoms with E-state index in [0.717, 1.165) is 18.4 Å². The van der Waals surface area contributed by atoms with Crippen LogP contribution in [-0.4, -0.2) is 0 Å². The maximum Gasteiger partial charge on any atom is -0.00866 e. The van der Waals surface area contributed by atoms with Gasteiger partial charge in [-0.2, -0.15) is 0 Å². The lowest BCUT2D eigenvalue weighted by atomic mass is 9.78. The third kappa shape index (κ3) is 1.73. The molecule has 10 heavy (non-hydrogen) atoms. The molecule has 0 aromatic heterocycles. The summed E-state index contributed by atoms with van der Waals surface area (Å²) in [6.07, 6.45) is 4.16. The molecule has 0 aliphatic heterocycles. The van der Waals surface area contributed by atoms with Crippen LogP contribution in [0.1, 0.15) is 33.6 Å². The van der Waals surface area contributed by atoms with Crippen LogP contribution in [0.3, 0.4) is 0 Å². The average Bonchev–Trinajstić information content (AvgIpc) is 2.01. The van der Waals surface area contributed by atoms with Gasteiger partial charge in [-0.15, -0.1) is 0 Å². The van der Waals surface area contributed by atoms with E-state index < -0.39 is 0 Å². The van der Waals surface area contributed by atoms with Gasteiger partial charge in [0.1, 0.15) is 0 Å². The molecule has 0 fully saturated rings. The fraction of sp³-hybridized carbons (Fsp3) is 0.600. The molecule has 0 aromatic carbocycles. The number of rotatable bonds is 4. The van der Waals surface area contributed by atoms with Gasteiger partial charge in [0.2, 0.25) is 0 Å². The van der Waals surface area contributed by atoms with Crippen LogP contribution in [-0.2, 0) is 0 Å². The average molecular weight is 138 g/mol. The van der Waals surface area contributed by atoms with Crippen molar-refractivity contribution < 1.29 is 0 Å². The Morgan fingerprint density at radius 1 is 1.40 bits per heavy atom. The zero-order chi connectivity index (χ0) is 8.20. The Kier molecular flexibility index (Phi) is 3.41. The molecule has 0 saturated carbocycles. The first-order valence-electron chi connectivity index (χ1n) is 3.92. The van der Waals surface area contributed by atoms with Gasteiger partial charge in [-0.3, -0.25) is 0 Å². The highest BCUT2D eigenvalue weighted by Crippen LogP contribution is 2.33. The van der Waals surface area contributed by atoms with E-state index in [1.54, 1.807) is 0 Å². The first kappa shape index (κ1) is 9.48. The van der Waals surface area contributed by atoms with Gasteiger partial charge in [0.15, 0.2) is 0 Å². The van der Waals surface area contributed by atoms with Crippen molar-refractivity contribution >= 4 is 0 Å². The molecule has 0 amide bonds. The van der Waals surface area contributed by atoms with Crippen molar-refractivity contribution in [3.05, 3.63) is 24.8 Å². The molecule has 0 unspecified atom stereocenters. The van der Waals surface area contributed by atoms with Crippen LogP contribution in [0.25, 0.3) is 0 Å². The van der Waals surface area contributed by atoms with E-state index in [4.69, 9.17) is 0 Å². The Hall–Kier alpha value is -0.520. The third-order valence-electron chi connectivity index (χ3n) is 2.58. The molecule has 0 saturated heterocycles. The highest BCUT2D eigenvalue weighted by Gasteiger charge is 2.20. The van der Waals surface area contributed by atoms with E-state index >= 15 is 0 Å². The second kappa shape index (κ2) is 3.60. The Morgan fingerprint density at radius 2 is 1.80 bits per heavy atom. The van der Waals surface area contributed by atoms with Gasteiger partial charge in [0, 0.05) is 0 Å². The zero-order valence-corrected chi connectivity index (χ0v) is 7.41. The van der Waals surface area contributed by atoms with Crippen molar-refractivity contribution in [1.29, 1.82) is 0 Å². The van der Waals surface area contributed by atoms with E-state index in [2.05, 4.69) is 33.9 Å². The summed E-state index contributed by atoms with van der Waals surface area (Å²) in [5.74, 6) is 0. The summed E-state index contributed by atoms with van der Waals surface area (Å²) in [6, 6.07) is 0. The number of allylic oxidation sites excluding steroid dienone is 2. The quantitative estimate of drug-likeness (QED) is 0.521. The standard InChI is InChI=1S/C10H18/c1-6-9(4)10(5,7-2)8-3/h6H,1,4,7-8H2,2-3,5H3. The molecule has 0 bridgehead atoms. The van der Waals surface area contributed by atoms with Crippen LogP contribution in [0.4, 0.5) is 0 Å². The van der Waals surface area contributed by atoms with Crippen LogP contribution >= 0.6 is 0 Å². The summed E-state index contributed by atoms with van der Waals surface area (Å²) in [5.41, 5.74) is 1.44. The summed E-state index contributed by atoms with van der Waals surface area (Å²) in [5, 5.41) is 0. The van der Waals surface area contributed by atoms with Crippen molar-refractivity contribution in [3.63, 3.8) is 0 Å². The molecule has 0 atom stereocenters. The van der Waals surface area contributed by atoms with Gasteiger partial charge in [-0.05, 0) is 23.8 Å². The molecule has 0 nitrogen and oxygen atoms in total. The molecule has 0 radical (unpaired) electrons. The smallest absolute Gasteiger partial charge is 0.00866 e. The van der Waals surface area contributed by atoms with E-state index in [1.807, 2.05) is 6.08 Å². The van der Waals surface area contributed by atoms with Crippen LogP contribution in [0.5, 0.6) is 0 Å². The van der Waals surface area contributed by atoms with Crippen molar-refractivity contribution in [2.45, 2.75) is 33.6 Å². The minimum Gasteiger partial charge on any atom is -0.0988 e. The monoisotopic (exact) mass is 138 g/mol. The number of hydrogen-bond donors (Lipinski definition) is 0. The molecule has 0 aliphatic carbocycles. The first-order valence-corrected chi connectivity index (χ1v) is 3.92. The molecule has 0 spiro atoms. The summed E-state index contributed by atoms with van der Waals surface area (Å²) in [7, 11) is 0. The Morgan fingerprint density at radius 3 is 1.90 bits per heavy atom. The van der Waals surface area contributed by atoms with Crippen LogP contribution in [0.2, 0.25) is 0 Å². The van der Waals surface area contributed by atoms with Gasteiger partial charge in [0.05, 0.1) is 0 Å². The molecule has 0 heteroatoms. The van der Waals surface area contributed by atoms with E-state index in [1.165, 1.54) is 0 Å². The predicted molar refractivity (Wildman–Crippen MR) is 48.0 cm³/mol. The topological polar surface area (TPSA) is 0 Å². The summed E-state index contributed by atoms with van der Waals surface area (Å²) >= 11 is 0. The van der Waals surface area contributed by atoms with Crippen LogP contribution in [0.15, 0.2) is 24.8 Å². The molecular formula is C10H18. The molecule has 0 heterocycles. The minimum absolute atomic E-state index is 0.280. The van der Waals surface area contributed by atoms with Crippen molar-refractivity contribution in [3.8, 4) is 0 Å². The predicted octanol–water partition coefficient (Wildman–Crippen LogP) is 3.55. The zero-order valence-electron chi connectivity index (χ0n) is 7.41. The summed E-state index contributed by atoms with van der Waals surface area (Å²) in [4.78, 5) is 0. The molecule has 0 rings (SSSR count). The van der Waals surface area contributed by atoms with Gasteiger partial charge in [0.25, 0.3) is 0 Å². The van der Waals surface area contributed by atoms with Crippen LogP contribution in [0, 0.1) is 5.41 Å². The van der Waals surface area contributed by atoms with Gasteiger partial charge in [-0.1, -0.05) is 40.0 Å². The van der Waals surface area contributed by atoms with Gasteiger partial charge < -0.3 is 0 Å². The Labute approximate surface area is 64.6 Å². The first-order chi connectivity index (χ1) is 4.60. The van der Waals surface area contributed by atoms with E-state index in [-0.39, 0.29) is 5.41 Å². The lowest BCUT2D eigenvalue weighted by Crippen LogP contribution is -2.14. The second-order valence-corrected chi connectivity index (χ2v) is 3.00. The lowest BCUT2D eigenvalue weighted by molar-refractivity contribution is 0.378. The fourth-order valence-corrected chi connectivity index (χ4v) is 0.951. The lowest BCUT2D eigenvalue weighted by Gasteiger charge is -2.27. The Balaban J connectivity index is 4.31. The van der Waals surface area contributed by atoms with Crippen molar-refractivity contribution in [2.75, 3.05) is 0 Å². The normalized spacial score (nSPS) is 11.1. The highest BCUT2D eigenvalue weighted by atomic mass is 14.2. The summed E-state index contributed by atoms with van der Waals surface area (Å²) < 4.78 is 0. The van der Waals surface area contributed by atoms with Gasteiger partial charge in [-0.25, -0.2) is 0 Å². The SMILES string of the molecule is C=CC(=C)C(C)(CC)CC.